The van der Waals surface area contributed by atoms with E-state index in [0.29, 0.717) is 10.7 Å². The molecule has 1 unspecified atom stereocenters. The van der Waals surface area contributed by atoms with Crippen molar-refractivity contribution < 1.29 is 9.47 Å². The molecule has 0 N–H and O–H groups in total. The highest BCUT2D eigenvalue weighted by atomic mass is 79.9. The average molecular weight is 262 g/mol. The van der Waals surface area contributed by atoms with Crippen molar-refractivity contribution >= 4 is 15.9 Å². The van der Waals surface area contributed by atoms with Gasteiger partial charge in [0.2, 0.25) is 4.73 Å². The highest BCUT2D eigenvalue weighted by molar-refractivity contribution is 9.10. The molecule has 2 heterocycles. The zero-order chi connectivity index (χ0) is 9.97. The predicted molar refractivity (Wildman–Crippen MR) is 53.1 cm³/mol. The molecule has 0 saturated carbocycles. The summed E-state index contributed by atoms with van der Waals surface area (Å²) < 4.78 is 12.9. The second kappa shape index (κ2) is 4.27. The van der Waals surface area contributed by atoms with E-state index in [1.165, 1.54) is 0 Å². The van der Waals surface area contributed by atoms with Crippen molar-refractivity contribution in [2.45, 2.75) is 25.5 Å². The smallest absolute Gasteiger partial charge is 0.318 e. The molecule has 5 nitrogen and oxygen atoms in total. The summed E-state index contributed by atoms with van der Waals surface area (Å²) in [6.07, 6.45) is 3.21. The van der Waals surface area contributed by atoms with Crippen molar-refractivity contribution in [3.8, 4) is 6.01 Å². The largest absolute Gasteiger partial charge is 0.467 e. The van der Waals surface area contributed by atoms with E-state index in [0.717, 1.165) is 25.9 Å². The molecule has 1 aliphatic rings. The lowest BCUT2D eigenvalue weighted by Crippen LogP contribution is -2.19. The van der Waals surface area contributed by atoms with Gasteiger partial charge in [-0.25, -0.2) is 0 Å². The first-order chi connectivity index (χ1) is 6.81. The highest BCUT2D eigenvalue weighted by Gasteiger charge is 2.21. The molecule has 78 valence electrons. The van der Waals surface area contributed by atoms with Crippen LogP contribution in [0.5, 0.6) is 6.01 Å². The average Bonchev–Trinajstić information content (AvgIpc) is 2.61. The minimum atomic E-state index is -0.0301. The molecule has 6 heteroatoms. The van der Waals surface area contributed by atoms with E-state index in [1.807, 2.05) is 0 Å². The Morgan fingerprint density at radius 2 is 2.43 bits per heavy atom. The molecule has 2 rings (SSSR count). The summed E-state index contributed by atoms with van der Waals surface area (Å²) in [6.45, 7) is 0.783. The molecule has 14 heavy (non-hydrogen) atoms. The maximum absolute atomic E-state index is 5.58. The Kier molecular flexibility index (Phi) is 3.02. The van der Waals surface area contributed by atoms with Crippen LogP contribution in [0.3, 0.4) is 0 Å². The van der Waals surface area contributed by atoms with Gasteiger partial charge in [-0.05, 0) is 35.2 Å². The number of methoxy groups -OCH3 is 1. The number of nitrogens with zero attached hydrogens (tertiary/aromatic N) is 3. The quantitative estimate of drug-likeness (QED) is 0.814. The van der Waals surface area contributed by atoms with E-state index in [2.05, 4.69) is 26.0 Å². The predicted octanol–water partition coefficient (Wildman–Crippen LogP) is 1.75. The molecule has 0 spiro atoms. The molecular formula is C8H12BrN3O2. The molecule has 0 aliphatic carbocycles. The molecule has 1 aromatic rings. The van der Waals surface area contributed by atoms with E-state index in [9.17, 15) is 0 Å². The molecule has 0 aromatic carbocycles. The minimum absolute atomic E-state index is 0.0301. The summed E-state index contributed by atoms with van der Waals surface area (Å²) in [5, 5.41) is 4.18. The Labute approximate surface area is 90.5 Å². The molecule has 0 radical (unpaired) electrons. The van der Waals surface area contributed by atoms with Crippen LogP contribution in [0.4, 0.5) is 0 Å². The second-order valence-corrected chi connectivity index (χ2v) is 3.84. The van der Waals surface area contributed by atoms with E-state index >= 15 is 0 Å². The zero-order valence-corrected chi connectivity index (χ0v) is 9.53. The fourth-order valence-corrected chi connectivity index (χ4v) is 1.85. The van der Waals surface area contributed by atoms with Gasteiger partial charge in [0, 0.05) is 6.61 Å². The van der Waals surface area contributed by atoms with Gasteiger partial charge in [-0.15, -0.1) is 5.10 Å². The standard InChI is InChI=1S/C8H12BrN3O2/c1-13-8-10-7(9)11-12(8)6-4-2-3-5-14-6/h6H,2-5H2,1H3. The topological polar surface area (TPSA) is 49.2 Å². The van der Waals surface area contributed by atoms with Crippen molar-refractivity contribution in [3.63, 3.8) is 0 Å². The minimum Gasteiger partial charge on any atom is -0.467 e. The lowest BCUT2D eigenvalue weighted by Gasteiger charge is -2.22. The lowest BCUT2D eigenvalue weighted by atomic mass is 10.2. The van der Waals surface area contributed by atoms with Crippen molar-refractivity contribution in [2.75, 3.05) is 13.7 Å². The molecular weight excluding hydrogens is 250 g/mol. The summed E-state index contributed by atoms with van der Waals surface area (Å²) in [4.78, 5) is 4.07. The lowest BCUT2D eigenvalue weighted by molar-refractivity contribution is -0.0437. The van der Waals surface area contributed by atoms with Gasteiger partial charge in [-0.2, -0.15) is 9.67 Å². The Hall–Kier alpha value is -0.620. The maximum atomic E-state index is 5.58. The van der Waals surface area contributed by atoms with Crippen LogP contribution in [0.25, 0.3) is 0 Å². The third kappa shape index (κ3) is 1.90. The van der Waals surface area contributed by atoms with Crippen LogP contribution in [-0.4, -0.2) is 28.5 Å². The Morgan fingerprint density at radius 3 is 3.07 bits per heavy atom. The third-order valence-electron chi connectivity index (χ3n) is 2.19. The molecule has 1 fully saturated rings. The molecule has 1 saturated heterocycles. The van der Waals surface area contributed by atoms with Gasteiger partial charge in [0.05, 0.1) is 7.11 Å². The van der Waals surface area contributed by atoms with Crippen molar-refractivity contribution in [1.29, 1.82) is 0 Å². The first-order valence-electron chi connectivity index (χ1n) is 4.59. The van der Waals surface area contributed by atoms with Crippen molar-refractivity contribution in [2.24, 2.45) is 0 Å². The fourth-order valence-electron chi connectivity index (χ4n) is 1.53. The van der Waals surface area contributed by atoms with Crippen LogP contribution in [0.15, 0.2) is 4.73 Å². The van der Waals surface area contributed by atoms with Gasteiger partial charge in [0.25, 0.3) is 0 Å². The highest BCUT2D eigenvalue weighted by Crippen LogP contribution is 2.26. The van der Waals surface area contributed by atoms with Crippen LogP contribution < -0.4 is 4.74 Å². The van der Waals surface area contributed by atoms with Gasteiger partial charge in [-0.1, -0.05) is 0 Å². The van der Waals surface area contributed by atoms with Crippen LogP contribution in [0.2, 0.25) is 0 Å². The number of halogens is 1. The number of rotatable bonds is 2. The fraction of sp³-hybridized carbons (Fsp3) is 0.750. The van der Waals surface area contributed by atoms with Crippen molar-refractivity contribution in [3.05, 3.63) is 4.73 Å². The second-order valence-electron chi connectivity index (χ2n) is 3.13. The van der Waals surface area contributed by atoms with Gasteiger partial charge >= 0.3 is 6.01 Å². The molecule has 0 amide bonds. The summed E-state index contributed by atoms with van der Waals surface area (Å²) in [6, 6.07) is 0.490. The van der Waals surface area contributed by atoms with E-state index < -0.39 is 0 Å². The molecule has 1 aliphatic heterocycles. The van der Waals surface area contributed by atoms with Crippen LogP contribution in [0.1, 0.15) is 25.5 Å². The summed E-state index contributed by atoms with van der Waals surface area (Å²) >= 11 is 3.21. The molecule has 1 atom stereocenters. The van der Waals surface area contributed by atoms with Gasteiger partial charge < -0.3 is 9.47 Å². The first-order valence-corrected chi connectivity index (χ1v) is 5.38. The zero-order valence-electron chi connectivity index (χ0n) is 7.94. The SMILES string of the molecule is COc1nc(Br)nn1C1CCCCO1. The third-order valence-corrected chi connectivity index (χ3v) is 2.52. The number of hydrogen-bond acceptors (Lipinski definition) is 4. The van der Waals surface area contributed by atoms with E-state index in [-0.39, 0.29) is 6.23 Å². The number of aromatic nitrogens is 3. The van der Waals surface area contributed by atoms with E-state index in [1.54, 1.807) is 11.8 Å². The van der Waals surface area contributed by atoms with Crippen LogP contribution in [0, 0.1) is 0 Å². The summed E-state index contributed by atoms with van der Waals surface area (Å²) in [7, 11) is 1.58. The van der Waals surface area contributed by atoms with Gasteiger partial charge in [0.15, 0.2) is 6.23 Å². The van der Waals surface area contributed by atoms with E-state index in [4.69, 9.17) is 9.47 Å². The Morgan fingerprint density at radius 1 is 1.57 bits per heavy atom. The Balaban J connectivity index is 2.20. The van der Waals surface area contributed by atoms with Gasteiger partial charge in [0.1, 0.15) is 0 Å². The molecule has 0 bridgehead atoms. The summed E-state index contributed by atoms with van der Waals surface area (Å²) in [5.41, 5.74) is 0. The van der Waals surface area contributed by atoms with Crippen LogP contribution >= 0.6 is 15.9 Å². The van der Waals surface area contributed by atoms with Crippen LogP contribution in [-0.2, 0) is 4.74 Å². The maximum Gasteiger partial charge on any atom is 0.318 e. The van der Waals surface area contributed by atoms with Gasteiger partial charge in [-0.3, -0.25) is 0 Å². The number of ether oxygens (including phenoxy) is 2. The monoisotopic (exact) mass is 261 g/mol. The number of hydrogen-bond donors (Lipinski definition) is 0. The van der Waals surface area contributed by atoms with Crippen molar-refractivity contribution in [1.82, 2.24) is 14.8 Å². The summed E-state index contributed by atoms with van der Waals surface area (Å²) in [5.74, 6) is 0. The molecule has 1 aromatic heterocycles. The Bertz CT molecular complexity index is 310. The first kappa shape index (κ1) is 9.92. The normalized spacial score (nSPS) is 22.3.